The van der Waals surface area contributed by atoms with Gasteiger partial charge < -0.3 is 10.6 Å². The van der Waals surface area contributed by atoms with Gasteiger partial charge in [-0.1, -0.05) is 0 Å². The van der Waals surface area contributed by atoms with Crippen LogP contribution in [0.4, 0.5) is 13.2 Å². The molecule has 0 aliphatic carbocycles. The van der Waals surface area contributed by atoms with Crippen LogP contribution in [0.1, 0.15) is 19.3 Å². The van der Waals surface area contributed by atoms with E-state index in [2.05, 4.69) is 4.90 Å². The number of nitrogens with zero attached hydrogens (tertiary/aromatic N) is 1. The normalized spacial score (nSPS) is 23.8. The highest BCUT2D eigenvalue weighted by atomic mass is 19.4. The fourth-order valence-electron chi connectivity index (χ4n) is 1.79. The molecule has 0 radical (unpaired) electrons. The second-order valence-electron chi connectivity index (χ2n) is 4.13. The van der Waals surface area contributed by atoms with E-state index in [1.807, 2.05) is 7.05 Å². The van der Waals surface area contributed by atoms with E-state index in [9.17, 15) is 13.2 Å². The number of nitrogens with two attached hydrogens (primary N) is 1. The maximum atomic E-state index is 12.1. The zero-order valence-electron chi connectivity index (χ0n) is 8.35. The van der Waals surface area contributed by atoms with Crippen molar-refractivity contribution in [2.75, 3.05) is 20.1 Å². The fraction of sp³-hybridized carbons (Fsp3) is 1.00. The van der Waals surface area contributed by atoms with Crippen LogP contribution in [0.3, 0.4) is 0 Å². The van der Waals surface area contributed by atoms with Crippen molar-refractivity contribution in [1.29, 1.82) is 0 Å². The third-order valence-electron chi connectivity index (χ3n) is 2.85. The molecule has 0 amide bonds. The molecular weight excluding hydrogens is 193 g/mol. The first kappa shape index (κ1) is 11.8. The lowest BCUT2D eigenvalue weighted by Gasteiger charge is -2.30. The zero-order chi connectivity index (χ0) is 10.8. The van der Waals surface area contributed by atoms with Crippen LogP contribution < -0.4 is 5.73 Å². The zero-order valence-corrected chi connectivity index (χ0v) is 8.35. The Bertz CT molecular complexity index is 173. The molecule has 0 aromatic rings. The average Bonchev–Trinajstić information content (AvgIpc) is 2.07. The Morgan fingerprint density at radius 1 is 1.36 bits per heavy atom. The minimum Gasteiger partial charge on any atom is -0.320 e. The van der Waals surface area contributed by atoms with E-state index in [0.717, 1.165) is 25.9 Å². The van der Waals surface area contributed by atoms with Crippen molar-refractivity contribution in [2.45, 2.75) is 31.5 Å². The summed E-state index contributed by atoms with van der Waals surface area (Å²) in [5.74, 6) is 0.142. The first-order valence-electron chi connectivity index (χ1n) is 4.90. The molecule has 0 bridgehead atoms. The molecule has 1 rings (SSSR count). The largest absolute Gasteiger partial charge is 0.403 e. The standard InChI is InChI=1S/C9H17F3N2/c1-14-4-2-7(3-5-14)6-8(13)9(10,11)12/h7-8H,2-6,13H2,1H3. The van der Waals surface area contributed by atoms with E-state index >= 15 is 0 Å². The molecular formula is C9H17F3N2. The second-order valence-corrected chi connectivity index (χ2v) is 4.13. The van der Waals surface area contributed by atoms with Crippen LogP contribution in [-0.4, -0.2) is 37.3 Å². The van der Waals surface area contributed by atoms with E-state index in [0.29, 0.717) is 0 Å². The first-order chi connectivity index (χ1) is 6.39. The highest BCUT2D eigenvalue weighted by molar-refractivity contribution is 4.78. The van der Waals surface area contributed by atoms with Crippen LogP contribution in [0.2, 0.25) is 0 Å². The van der Waals surface area contributed by atoms with Gasteiger partial charge in [-0.2, -0.15) is 13.2 Å². The minimum absolute atomic E-state index is 0.0807. The van der Waals surface area contributed by atoms with Crippen molar-refractivity contribution in [1.82, 2.24) is 4.90 Å². The molecule has 0 saturated carbocycles. The molecule has 1 unspecified atom stereocenters. The number of hydrogen-bond donors (Lipinski definition) is 1. The number of alkyl halides is 3. The van der Waals surface area contributed by atoms with Crippen LogP contribution in [0.5, 0.6) is 0 Å². The van der Waals surface area contributed by atoms with Crippen LogP contribution >= 0.6 is 0 Å². The van der Waals surface area contributed by atoms with Gasteiger partial charge in [0.15, 0.2) is 0 Å². The molecule has 5 heteroatoms. The maximum absolute atomic E-state index is 12.1. The summed E-state index contributed by atoms with van der Waals surface area (Å²) in [7, 11) is 1.99. The summed E-state index contributed by atoms with van der Waals surface area (Å²) in [6.07, 6.45) is -2.48. The summed E-state index contributed by atoms with van der Waals surface area (Å²) in [6.45, 7) is 1.77. The highest BCUT2D eigenvalue weighted by Crippen LogP contribution is 2.27. The summed E-state index contributed by atoms with van der Waals surface area (Å²) in [5, 5.41) is 0. The summed E-state index contributed by atoms with van der Waals surface area (Å²) in [5.41, 5.74) is 5.08. The van der Waals surface area contributed by atoms with E-state index in [-0.39, 0.29) is 12.3 Å². The van der Waals surface area contributed by atoms with Crippen molar-refractivity contribution in [3.8, 4) is 0 Å². The molecule has 84 valence electrons. The van der Waals surface area contributed by atoms with Gasteiger partial charge in [0.05, 0.1) is 0 Å². The van der Waals surface area contributed by atoms with Gasteiger partial charge in [0.1, 0.15) is 6.04 Å². The molecule has 14 heavy (non-hydrogen) atoms. The van der Waals surface area contributed by atoms with Crippen LogP contribution in [0.25, 0.3) is 0 Å². The van der Waals surface area contributed by atoms with Crippen molar-refractivity contribution in [3.05, 3.63) is 0 Å². The third kappa shape index (κ3) is 3.46. The van der Waals surface area contributed by atoms with Crippen LogP contribution in [0.15, 0.2) is 0 Å². The second kappa shape index (κ2) is 4.49. The van der Waals surface area contributed by atoms with Crippen LogP contribution in [-0.2, 0) is 0 Å². The summed E-state index contributed by atoms with van der Waals surface area (Å²) < 4.78 is 36.4. The van der Waals surface area contributed by atoms with Gasteiger partial charge in [-0.15, -0.1) is 0 Å². The molecule has 1 aliphatic heterocycles. The van der Waals surface area contributed by atoms with Gasteiger partial charge in [0.2, 0.25) is 0 Å². The van der Waals surface area contributed by atoms with Gasteiger partial charge in [0, 0.05) is 0 Å². The monoisotopic (exact) mass is 210 g/mol. The summed E-state index contributed by atoms with van der Waals surface area (Å²) in [6, 6.07) is -1.64. The molecule has 0 spiro atoms. The molecule has 2 nitrogen and oxygen atoms in total. The molecule has 2 N–H and O–H groups in total. The Morgan fingerprint density at radius 2 is 1.86 bits per heavy atom. The predicted octanol–water partition coefficient (Wildman–Crippen LogP) is 1.61. The maximum Gasteiger partial charge on any atom is 0.403 e. The fourth-order valence-corrected chi connectivity index (χ4v) is 1.79. The topological polar surface area (TPSA) is 29.3 Å². The smallest absolute Gasteiger partial charge is 0.320 e. The van der Waals surface area contributed by atoms with Crippen molar-refractivity contribution in [3.63, 3.8) is 0 Å². The summed E-state index contributed by atoms with van der Waals surface area (Å²) >= 11 is 0. The lowest BCUT2D eigenvalue weighted by molar-refractivity contribution is -0.151. The molecule has 1 saturated heterocycles. The SMILES string of the molecule is CN1CCC(CC(N)C(F)(F)F)CC1. The Morgan fingerprint density at radius 3 is 2.29 bits per heavy atom. The van der Waals surface area contributed by atoms with Gasteiger partial charge in [0.25, 0.3) is 0 Å². The van der Waals surface area contributed by atoms with Gasteiger partial charge >= 0.3 is 6.18 Å². The van der Waals surface area contributed by atoms with E-state index in [1.54, 1.807) is 0 Å². The van der Waals surface area contributed by atoms with Crippen molar-refractivity contribution in [2.24, 2.45) is 11.7 Å². The Kier molecular flexibility index (Phi) is 3.78. The van der Waals surface area contributed by atoms with Crippen molar-refractivity contribution < 1.29 is 13.2 Å². The lowest BCUT2D eigenvalue weighted by atomic mass is 9.90. The highest BCUT2D eigenvalue weighted by Gasteiger charge is 2.38. The molecule has 1 heterocycles. The quantitative estimate of drug-likeness (QED) is 0.750. The first-order valence-corrected chi connectivity index (χ1v) is 4.90. The summed E-state index contributed by atoms with van der Waals surface area (Å²) in [4.78, 5) is 2.13. The van der Waals surface area contributed by atoms with Gasteiger partial charge in [-0.25, -0.2) is 0 Å². The average molecular weight is 210 g/mol. The third-order valence-corrected chi connectivity index (χ3v) is 2.85. The Hall–Kier alpha value is -0.290. The lowest BCUT2D eigenvalue weighted by Crippen LogP contribution is -2.41. The Labute approximate surface area is 82.2 Å². The molecule has 1 aliphatic rings. The molecule has 1 atom stereocenters. The number of piperidine rings is 1. The van der Waals surface area contributed by atoms with Gasteiger partial charge in [-0.05, 0) is 45.3 Å². The van der Waals surface area contributed by atoms with Crippen LogP contribution in [0, 0.1) is 5.92 Å². The van der Waals surface area contributed by atoms with E-state index < -0.39 is 12.2 Å². The minimum atomic E-state index is -4.23. The molecule has 0 aromatic heterocycles. The number of likely N-dealkylation sites (tertiary alicyclic amines) is 1. The number of rotatable bonds is 2. The molecule has 0 aromatic carbocycles. The number of halogens is 3. The predicted molar refractivity (Wildman–Crippen MR) is 48.9 cm³/mol. The van der Waals surface area contributed by atoms with Crippen molar-refractivity contribution >= 4 is 0 Å². The Balaban J connectivity index is 2.31. The van der Waals surface area contributed by atoms with E-state index in [1.165, 1.54) is 0 Å². The molecule has 1 fully saturated rings. The number of hydrogen-bond acceptors (Lipinski definition) is 2. The van der Waals surface area contributed by atoms with Gasteiger partial charge in [-0.3, -0.25) is 0 Å². The van der Waals surface area contributed by atoms with E-state index in [4.69, 9.17) is 5.73 Å².